The third-order valence-corrected chi connectivity index (χ3v) is 5.56. The molecule has 3 unspecified atom stereocenters. The van der Waals surface area contributed by atoms with Crippen molar-refractivity contribution in [2.24, 2.45) is 5.92 Å². The number of alkyl carbamates (subject to hydrolysis) is 1. The summed E-state index contributed by atoms with van der Waals surface area (Å²) < 4.78 is 5.34. The van der Waals surface area contributed by atoms with Crippen molar-refractivity contribution in [3.05, 3.63) is 22.4 Å². The lowest BCUT2D eigenvalue weighted by Gasteiger charge is -2.24. The zero-order chi connectivity index (χ0) is 16.4. The van der Waals surface area contributed by atoms with E-state index >= 15 is 0 Å². The minimum absolute atomic E-state index is 0.203. The SMILES string of the molecule is CC(C)(C)OC(=O)NC1CC1NC(c1cccs1)C1CCCC1. The molecule has 2 N–H and O–H groups in total. The number of thiophene rings is 1. The number of nitrogens with one attached hydrogen (secondary N) is 2. The van der Waals surface area contributed by atoms with Crippen molar-refractivity contribution in [2.45, 2.75) is 76.6 Å². The van der Waals surface area contributed by atoms with Gasteiger partial charge in [-0.2, -0.15) is 0 Å². The van der Waals surface area contributed by atoms with Gasteiger partial charge in [0.1, 0.15) is 5.60 Å². The Morgan fingerprint density at radius 1 is 1.30 bits per heavy atom. The summed E-state index contributed by atoms with van der Waals surface area (Å²) in [5.74, 6) is 0.733. The van der Waals surface area contributed by atoms with Gasteiger partial charge in [0.15, 0.2) is 0 Å². The molecule has 0 bridgehead atoms. The summed E-state index contributed by atoms with van der Waals surface area (Å²) in [5, 5.41) is 8.93. The van der Waals surface area contributed by atoms with Crippen LogP contribution in [0.5, 0.6) is 0 Å². The topological polar surface area (TPSA) is 50.4 Å². The van der Waals surface area contributed by atoms with E-state index in [1.807, 2.05) is 32.1 Å². The number of hydrogen-bond acceptors (Lipinski definition) is 4. The Balaban J connectivity index is 1.53. The van der Waals surface area contributed by atoms with Crippen molar-refractivity contribution in [1.82, 2.24) is 10.6 Å². The van der Waals surface area contributed by atoms with Crippen LogP contribution in [-0.2, 0) is 4.74 Å². The number of carbonyl (C=O) groups is 1. The Hall–Kier alpha value is -1.07. The number of hydrogen-bond donors (Lipinski definition) is 2. The van der Waals surface area contributed by atoms with Crippen LogP contribution in [-0.4, -0.2) is 23.8 Å². The van der Waals surface area contributed by atoms with Crippen LogP contribution in [0.1, 0.15) is 63.8 Å². The maximum absolute atomic E-state index is 11.9. The highest BCUT2D eigenvalue weighted by atomic mass is 32.1. The van der Waals surface area contributed by atoms with Crippen LogP contribution in [0.15, 0.2) is 17.5 Å². The van der Waals surface area contributed by atoms with Crippen LogP contribution >= 0.6 is 11.3 Å². The summed E-state index contributed by atoms with van der Waals surface area (Å²) in [6.45, 7) is 5.67. The van der Waals surface area contributed by atoms with Crippen LogP contribution in [0.4, 0.5) is 4.79 Å². The Bertz CT molecular complexity index is 518. The molecule has 0 spiro atoms. The van der Waals surface area contributed by atoms with Crippen molar-refractivity contribution in [3.63, 3.8) is 0 Å². The highest BCUT2D eigenvalue weighted by molar-refractivity contribution is 7.10. The molecule has 3 atom stereocenters. The molecule has 4 nitrogen and oxygen atoms in total. The van der Waals surface area contributed by atoms with Gasteiger partial charge in [-0.25, -0.2) is 4.79 Å². The van der Waals surface area contributed by atoms with Crippen molar-refractivity contribution >= 4 is 17.4 Å². The van der Waals surface area contributed by atoms with Gasteiger partial charge in [-0.15, -0.1) is 11.3 Å². The minimum atomic E-state index is -0.439. The predicted molar refractivity (Wildman–Crippen MR) is 93.7 cm³/mol. The molecule has 0 saturated heterocycles. The largest absolute Gasteiger partial charge is 0.444 e. The normalized spacial score (nSPS) is 26.0. The molecular formula is C18H28N2O2S. The Morgan fingerprint density at radius 2 is 2.04 bits per heavy atom. The maximum atomic E-state index is 11.9. The Morgan fingerprint density at radius 3 is 2.65 bits per heavy atom. The van der Waals surface area contributed by atoms with Gasteiger partial charge >= 0.3 is 6.09 Å². The molecule has 2 aliphatic rings. The zero-order valence-corrected chi connectivity index (χ0v) is 15.1. The van der Waals surface area contributed by atoms with E-state index in [0.29, 0.717) is 12.1 Å². The molecule has 23 heavy (non-hydrogen) atoms. The number of ether oxygens (including phenoxy) is 1. The molecule has 2 aliphatic carbocycles. The van der Waals surface area contributed by atoms with Gasteiger partial charge in [0.2, 0.25) is 0 Å². The van der Waals surface area contributed by atoms with Crippen LogP contribution < -0.4 is 10.6 Å². The van der Waals surface area contributed by atoms with Gasteiger partial charge in [-0.1, -0.05) is 18.9 Å². The molecule has 2 saturated carbocycles. The molecule has 128 valence electrons. The first-order chi connectivity index (χ1) is 10.9. The van der Waals surface area contributed by atoms with E-state index in [2.05, 4.69) is 28.1 Å². The van der Waals surface area contributed by atoms with E-state index in [1.165, 1.54) is 30.6 Å². The monoisotopic (exact) mass is 336 g/mol. The number of amides is 1. The van der Waals surface area contributed by atoms with Crippen LogP contribution in [0.25, 0.3) is 0 Å². The summed E-state index contributed by atoms with van der Waals surface area (Å²) in [7, 11) is 0. The average molecular weight is 337 g/mol. The molecule has 1 aromatic rings. The third kappa shape index (κ3) is 4.70. The molecule has 0 radical (unpaired) electrons. The lowest BCUT2D eigenvalue weighted by atomic mass is 9.96. The Labute approximate surface area is 143 Å². The molecule has 5 heteroatoms. The van der Waals surface area contributed by atoms with E-state index in [-0.39, 0.29) is 12.1 Å². The second-order valence-electron chi connectivity index (χ2n) is 7.80. The molecule has 2 fully saturated rings. The van der Waals surface area contributed by atoms with Crippen LogP contribution in [0.2, 0.25) is 0 Å². The molecule has 1 amide bonds. The van der Waals surface area contributed by atoms with Gasteiger partial charge < -0.3 is 15.4 Å². The second-order valence-corrected chi connectivity index (χ2v) is 8.78. The van der Waals surface area contributed by atoms with Crippen molar-refractivity contribution in [3.8, 4) is 0 Å². The van der Waals surface area contributed by atoms with Gasteiger partial charge in [-0.05, 0) is 57.4 Å². The first-order valence-corrected chi connectivity index (χ1v) is 9.59. The maximum Gasteiger partial charge on any atom is 0.407 e. The van der Waals surface area contributed by atoms with Gasteiger partial charge in [0.05, 0.1) is 0 Å². The minimum Gasteiger partial charge on any atom is -0.444 e. The standard InChI is InChI=1S/C18H28N2O2S/c1-18(2,3)22-17(21)20-14-11-13(14)19-16(12-7-4-5-8-12)15-9-6-10-23-15/h6,9-10,12-14,16,19H,4-5,7-8,11H2,1-3H3,(H,20,21). The van der Waals surface area contributed by atoms with E-state index in [0.717, 1.165) is 12.3 Å². The highest BCUT2D eigenvalue weighted by Crippen LogP contribution is 2.39. The summed E-state index contributed by atoms with van der Waals surface area (Å²) in [6.07, 6.45) is 6.00. The lowest BCUT2D eigenvalue weighted by molar-refractivity contribution is 0.0521. The van der Waals surface area contributed by atoms with E-state index < -0.39 is 5.60 Å². The predicted octanol–water partition coefficient (Wildman–Crippen LogP) is 4.23. The first-order valence-electron chi connectivity index (χ1n) is 8.71. The fourth-order valence-electron chi connectivity index (χ4n) is 3.44. The quantitative estimate of drug-likeness (QED) is 0.846. The molecule has 3 rings (SSSR count). The fourth-order valence-corrected chi connectivity index (χ4v) is 4.32. The summed E-state index contributed by atoms with van der Waals surface area (Å²) in [4.78, 5) is 13.3. The Kier molecular flexibility index (Phi) is 4.97. The zero-order valence-electron chi connectivity index (χ0n) is 14.3. The summed E-state index contributed by atoms with van der Waals surface area (Å²) in [5.41, 5.74) is -0.439. The number of rotatable bonds is 5. The molecular weight excluding hydrogens is 308 g/mol. The van der Waals surface area contributed by atoms with Crippen LogP contribution in [0.3, 0.4) is 0 Å². The van der Waals surface area contributed by atoms with Gasteiger partial charge in [-0.3, -0.25) is 0 Å². The lowest BCUT2D eigenvalue weighted by Crippen LogP contribution is -2.38. The molecule has 1 aromatic heterocycles. The molecule has 0 aliphatic heterocycles. The van der Waals surface area contributed by atoms with Crippen molar-refractivity contribution in [1.29, 1.82) is 0 Å². The number of carbonyl (C=O) groups excluding carboxylic acids is 1. The first kappa shape index (κ1) is 16.8. The van der Waals surface area contributed by atoms with E-state index in [1.54, 1.807) is 0 Å². The summed E-state index contributed by atoms with van der Waals surface area (Å²) in [6, 6.07) is 5.38. The highest BCUT2D eigenvalue weighted by Gasteiger charge is 2.42. The van der Waals surface area contributed by atoms with Gasteiger partial charge in [0.25, 0.3) is 0 Å². The van der Waals surface area contributed by atoms with E-state index in [9.17, 15) is 4.79 Å². The average Bonchev–Trinajstić information content (AvgIpc) is 2.91. The smallest absolute Gasteiger partial charge is 0.407 e. The summed E-state index contributed by atoms with van der Waals surface area (Å²) >= 11 is 1.84. The van der Waals surface area contributed by atoms with Gasteiger partial charge in [0, 0.05) is 23.0 Å². The molecule has 0 aromatic carbocycles. The van der Waals surface area contributed by atoms with Crippen LogP contribution in [0, 0.1) is 5.92 Å². The van der Waals surface area contributed by atoms with E-state index in [4.69, 9.17) is 4.74 Å². The second kappa shape index (κ2) is 6.81. The van der Waals surface area contributed by atoms with Crippen molar-refractivity contribution in [2.75, 3.05) is 0 Å². The fraction of sp³-hybridized carbons (Fsp3) is 0.722. The van der Waals surface area contributed by atoms with Crippen molar-refractivity contribution < 1.29 is 9.53 Å². The molecule has 1 heterocycles. The third-order valence-electron chi connectivity index (χ3n) is 4.61.